The molecule has 2 unspecified atom stereocenters. The maximum atomic E-state index is 9.70. The van der Waals surface area contributed by atoms with Gasteiger partial charge in [-0.05, 0) is 37.0 Å². The van der Waals surface area contributed by atoms with E-state index in [0.29, 0.717) is 6.04 Å². The molecular formula is C17H27NO2. The smallest absolute Gasteiger partial charge is 0.119 e. The Kier molecular flexibility index (Phi) is 5.06. The van der Waals surface area contributed by atoms with E-state index in [2.05, 4.69) is 38.2 Å². The maximum absolute atomic E-state index is 9.70. The van der Waals surface area contributed by atoms with E-state index < -0.39 is 0 Å². The van der Waals surface area contributed by atoms with Gasteiger partial charge in [-0.3, -0.25) is 0 Å². The number of aliphatic hydroxyl groups excluding tert-OH is 1. The Morgan fingerprint density at radius 2 is 2.05 bits per heavy atom. The molecule has 20 heavy (non-hydrogen) atoms. The summed E-state index contributed by atoms with van der Waals surface area (Å²) in [7, 11) is 0. The third kappa shape index (κ3) is 3.74. The van der Waals surface area contributed by atoms with Crippen LogP contribution in [-0.2, 0) is 6.42 Å². The van der Waals surface area contributed by atoms with E-state index in [0.717, 1.165) is 31.4 Å². The molecule has 0 amide bonds. The minimum atomic E-state index is -0.164. The maximum Gasteiger partial charge on any atom is 0.119 e. The molecule has 0 aliphatic heterocycles. The van der Waals surface area contributed by atoms with Gasteiger partial charge in [0.2, 0.25) is 0 Å². The lowest BCUT2D eigenvalue weighted by Gasteiger charge is -2.30. The Bertz CT molecular complexity index is 416. The lowest BCUT2D eigenvalue weighted by Crippen LogP contribution is -2.50. The Balaban J connectivity index is 1.94. The Labute approximate surface area is 122 Å². The summed E-state index contributed by atoms with van der Waals surface area (Å²) in [5.74, 6) is 0.936. The van der Waals surface area contributed by atoms with Crippen molar-refractivity contribution < 1.29 is 9.84 Å². The Hall–Kier alpha value is -1.06. The third-order valence-electron chi connectivity index (χ3n) is 4.10. The highest BCUT2D eigenvalue weighted by Gasteiger charge is 2.40. The SMILES string of the molecule is CCc1ccc(OC2CCC(CO)(NC(C)C)C2)cc1. The van der Waals surface area contributed by atoms with E-state index in [-0.39, 0.29) is 18.2 Å². The van der Waals surface area contributed by atoms with Crippen LogP contribution in [0.5, 0.6) is 5.75 Å². The quantitative estimate of drug-likeness (QED) is 0.840. The van der Waals surface area contributed by atoms with E-state index in [1.54, 1.807) is 0 Å². The van der Waals surface area contributed by atoms with Crippen LogP contribution in [0.4, 0.5) is 0 Å². The van der Waals surface area contributed by atoms with Gasteiger partial charge < -0.3 is 15.2 Å². The second-order valence-corrected chi connectivity index (χ2v) is 6.22. The summed E-state index contributed by atoms with van der Waals surface area (Å²) in [6.45, 7) is 6.57. The van der Waals surface area contributed by atoms with Gasteiger partial charge in [0.15, 0.2) is 0 Å². The fourth-order valence-corrected chi connectivity index (χ4v) is 3.11. The third-order valence-corrected chi connectivity index (χ3v) is 4.10. The van der Waals surface area contributed by atoms with Gasteiger partial charge in [0.05, 0.1) is 6.61 Å². The summed E-state index contributed by atoms with van der Waals surface area (Å²) in [5, 5.41) is 13.2. The molecule has 112 valence electrons. The van der Waals surface area contributed by atoms with Crippen LogP contribution in [0.25, 0.3) is 0 Å². The molecule has 0 heterocycles. The van der Waals surface area contributed by atoms with E-state index in [1.165, 1.54) is 5.56 Å². The predicted octanol–water partition coefficient (Wildman–Crippen LogP) is 2.91. The molecule has 0 saturated heterocycles. The standard InChI is InChI=1S/C17H27NO2/c1-4-14-5-7-15(8-6-14)20-16-9-10-17(11-16,12-19)18-13(2)3/h5-8,13,16,18-19H,4,9-12H2,1-3H3. The number of aryl methyl sites for hydroxylation is 1. The van der Waals surface area contributed by atoms with Gasteiger partial charge in [0, 0.05) is 18.0 Å². The first-order valence-corrected chi connectivity index (χ1v) is 7.71. The van der Waals surface area contributed by atoms with Gasteiger partial charge in [-0.1, -0.05) is 32.9 Å². The average molecular weight is 277 g/mol. The summed E-state index contributed by atoms with van der Waals surface area (Å²) in [4.78, 5) is 0. The first-order valence-electron chi connectivity index (χ1n) is 7.71. The van der Waals surface area contributed by atoms with Gasteiger partial charge >= 0.3 is 0 Å². The molecule has 0 aromatic heterocycles. The van der Waals surface area contributed by atoms with Crippen LogP contribution in [0.2, 0.25) is 0 Å². The zero-order valence-electron chi connectivity index (χ0n) is 12.9. The second kappa shape index (κ2) is 6.59. The molecule has 1 fully saturated rings. The molecule has 2 atom stereocenters. The van der Waals surface area contributed by atoms with E-state index >= 15 is 0 Å². The van der Waals surface area contributed by atoms with Crippen molar-refractivity contribution in [1.29, 1.82) is 0 Å². The van der Waals surface area contributed by atoms with Gasteiger partial charge in [-0.25, -0.2) is 0 Å². The summed E-state index contributed by atoms with van der Waals surface area (Å²) in [6.07, 6.45) is 4.09. The summed E-state index contributed by atoms with van der Waals surface area (Å²) < 4.78 is 6.06. The number of aliphatic hydroxyl groups is 1. The normalized spacial score (nSPS) is 26.1. The molecular weight excluding hydrogens is 250 g/mol. The molecule has 1 aromatic rings. The average Bonchev–Trinajstić information content (AvgIpc) is 2.82. The number of nitrogens with one attached hydrogen (secondary N) is 1. The van der Waals surface area contributed by atoms with Crippen molar-refractivity contribution in [3.63, 3.8) is 0 Å². The zero-order valence-corrected chi connectivity index (χ0v) is 12.9. The number of hydrogen-bond acceptors (Lipinski definition) is 3. The summed E-state index contributed by atoms with van der Waals surface area (Å²) in [5.41, 5.74) is 1.16. The van der Waals surface area contributed by atoms with Crippen LogP contribution in [0.15, 0.2) is 24.3 Å². The van der Waals surface area contributed by atoms with Crippen molar-refractivity contribution in [3.8, 4) is 5.75 Å². The highest BCUT2D eigenvalue weighted by molar-refractivity contribution is 5.27. The molecule has 0 spiro atoms. The zero-order chi connectivity index (χ0) is 14.6. The number of benzene rings is 1. The predicted molar refractivity (Wildman–Crippen MR) is 82.2 cm³/mol. The Morgan fingerprint density at radius 1 is 1.35 bits per heavy atom. The summed E-state index contributed by atoms with van der Waals surface area (Å²) in [6, 6.07) is 8.72. The topological polar surface area (TPSA) is 41.5 Å². The van der Waals surface area contributed by atoms with Crippen LogP contribution in [0, 0.1) is 0 Å². The minimum absolute atomic E-state index is 0.164. The number of ether oxygens (including phenoxy) is 1. The minimum Gasteiger partial charge on any atom is -0.490 e. The molecule has 2 N–H and O–H groups in total. The number of hydrogen-bond donors (Lipinski definition) is 2. The van der Waals surface area contributed by atoms with Crippen molar-refractivity contribution in [2.75, 3.05) is 6.61 Å². The van der Waals surface area contributed by atoms with Crippen molar-refractivity contribution in [2.24, 2.45) is 0 Å². The molecule has 1 aromatic carbocycles. The van der Waals surface area contributed by atoms with E-state index in [1.807, 2.05) is 12.1 Å². The summed E-state index contributed by atoms with van der Waals surface area (Å²) >= 11 is 0. The van der Waals surface area contributed by atoms with Crippen molar-refractivity contribution in [2.45, 2.75) is 64.1 Å². The second-order valence-electron chi connectivity index (χ2n) is 6.22. The van der Waals surface area contributed by atoms with Crippen molar-refractivity contribution >= 4 is 0 Å². The van der Waals surface area contributed by atoms with E-state index in [9.17, 15) is 5.11 Å². The van der Waals surface area contributed by atoms with Gasteiger partial charge in [0.25, 0.3) is 0 Å². The number of rotatable bonds is 6. The van der Waals surface area contributed by atoms with Crippen LogP contribution < -0.4 is 10.1 Å². The molecule has 1 aliphatic rings. The van der Waals surface area contributed by atoms with E-state index in [4.69, 9.17) is 4.74 Å². The molecule has 3 heteroatoms. The highest BCUT2D eigenvalue weighted by Crippen LogP contribution is 2.33. The lowest BCUT2D eigenvalue weighted by molar-refractivity contribution is 0.133. The fourth-order valence-electron chi connectivity index (χ4n) is 3.11. The molecule has 0 bridgehead atoms. The van der Waals surface area contributed by atoms with Crippen molar-refractivity contribution in [1.82, 2.24) is 5.32 Å². The highest BCUT2D eigenvalue weighted by atomic mass is 16.5. The molecule has 1 saturated carbocycles. The van der Waals surface area contributed by atoms with Crippen LogP contribution in [0.1, 0.15) is 45.6 Å². The fraction of sp³-hybridized carbons (Fsp3) is 0.647. The van der Waals surface area contributed by atoms with Crippen LogP contribution in [-0.4, -0.2) is 29.4 Å². The van der Waals surface area contributed by atoms with Crippen molar-refractivity contribution in [3.05, 3.63) is 29.8 Å². The Morgan fingerprint density at radius 3 is 2.60 bits per heavy atom. The van der Waals surface area contributed by atoms with Gasteiger partial charge in [-0.2, -0.15) is 0 Å². The van der Waals surface area contributed by atoms with Crippen LogP contribution >= 0.6 is 0 Å². The van der Waals surface area contributed by atoms with Crippen LogP contribution in [0.3, 0.4) is 0 Å². The largest absolute Gasteiger partial charge is 0.490 e. The lowest BCUT2D eigenvalue weighted by atomic mass is 9.97. The molecule has 3 nitrogen and oxygen atoms in total. The first-order chi connectivity index (χ1) is 9.57. The molecule has 0 radical (unpaired) electrons. The molecule has 1 aliphatic carbocycles. The first kappa shape index (κ1) is 15.3. The van der Waals surface area contributed by atoms with Gasteiger partial charge in [0.1, 0.15) is 11.9 Å². The van der Waals surface area contributed by atoms with Gasteiger partial charge in [-0.15, -0.1) is 0 Å². The molecule has 2 rings (SSSR count). The monoisotopic (exact) mass is 277 g/mol.